The lowest BCUT2D eigenvalue weighted by molar-refractivity contribution is -0.159. The van der Waals surface area contributed by atoms with E-state index in [1.807, 2.05) is 35.2 Å². The molecule has 2 aromatic carbocycles. The standard InChI is InChI=1S/C19H18Cl2N2O3/c20-14-7-4-8-15(18(14)21)22-17(24)11-16-19(25)26-10-9-23(16)12-13-5-2-1-3-6-13/h1-8,16H,9-12H2,(H,22,24)/t16-/m1/s1. The summed E-state index contributed by atoms with van der Waals surface area (Å²) in [4.78, 5) is 26.6. The maximum Gasteiger partial charge on any atom is 0.323 e. The lowest BCUT2D eigenvalue weighted by atomic mass is 10.1. The van der Waals surface area contributed by atoms with Crippen molar-refractivity contribution in [3.8, 4) is 0 Å². The molecule has 0 spiro atoms. The molecular formula is C19H18Cl2N2O3. The van der Waals surface area contributed by atoms with E-state index < -0.39 is 6.04 Å². The predicted octanol–water partition coefficient (Wildman–Crippen LogP) is 3.75. The predicted molar refractivity (Wildman–Crippen MR) is 101 cm³/mol. The summed E-state index contributed by atoms with van der Waals surface area (Å²) in [5, 5.41) is 3.34. The minimum absolute atomic E-state index is 0.0193. The van der Waals surface area contributed by atoms with Crippen molar-refractivity contribution < 1.29 is 14.3 Å². The molecule has 0 unspecified atom stereocenters. The van der Waals surface area contributed by atoms with Gasteiger partial charge in [0.2, 0.25) is 5.91 Å². The Balaban J connectivity index is 1.69. The molecule has 1 saturated heterocycles. The maximum atomic E-state index is 12.4. The van der Waals surface area contributed by atoms with Gasteiger partial charge < -0.3 is 10.1 Å². The van der Waals surface area contributed by atoms with Gasteiger partial charge in [0.25, 0.3) is 0 Å². The molecular weight excluding hydrogens is 375 g/mol. The Morgan fingerprint density at radius 2 is 1.92 bits per heavy atom. The van der Waals surface area contributed by atoms with Gasteiger partial charge in [-0.1, -0.05) is 59.6 Å². The van der Waals surface area contributed by atoms with E-state index in [0.717, 1.165) is 5.56 Å². The fourth-order valence-electron chi connectivity index (χ4n) is 2.86. The molecule has 136 valence electrons. The Hall–Kier alpha value is -2.08. The smallest absolute Gasteiger partial charge is 0.323 e. The zero-order valence-corrected chi connectivity index (χ0v) is 15.5. The number of hydrogen-bond donors (Lipinski definition) is 1. The molecule has 26 heavy (non-hydrogen) atoms. The number of nitrogens with one attached hydrogen (secondary N) is 1. The number of cyclic esters (lactones) is 1. The van der Waals surface area contributed by atoms with Crippen LogP contribution in [0.4, 0.5) is 5.69 Å². The first-order chi connectivity index (χ1) is 12.5. The van der Waals surface area contributed by atoms with Crippen LogP contribution in [0, 0.1) is 0 Å². The van der Waals surface area contributed by atoms with Gasteiger partial charge in [-0.3, -0.25) is 14.5 Å². The highest BCUT2D eigenvalue weighted by Gasteiger charge is 2.33. The molecule has 1 aliphatic rings. The summed E-state index contributed by atoms with van der Waals surface area (Å²) in [5.74, 6) is -0.712. The molecule has 1 amide bonds. The number of morpholine rings is 1. The summed E-state index contributed by atoms with van der Waals surface area (Å²) >= 11 is 12.1. The first kappa shape index (κ1) is 18.7. The number of hydrogen-bond acceptors (Lipinski definition) is 4. The molecule has 1 N–H and O–H groups in total. The Kier molecular flexibility index (Phi) is 6.14. The van der Waals surface area contributed by atoms with Crippen molar-refractivity contribution in [3.05, 3.63) is 64.1 Å². The largest absolute Gasteiger partial charge is 0.463 e. The maximum absolute atomic E-state index is 12.4. The number of benzene rings is 2. The molecule has 2 aromatic rings. The molecule has 1 fully saturated rings. The third-order valence-electron chi connectivity index (χ3n) is 4.17. The quantitative estimate of drug-likeness (QED) is 0.787. The number of rotatable bonds is 5. The van der Waals surface area contributed by atoms with Crippen LogP contribution in [0.15, 0.2) is 48.5 Å². The monoisotopic (exact) mass is 392 g/mol. The van der Waals surface area contributed by atoms with Crippen molar-refractivity contribution in [1.29, 1.82) is 0 Å². The van der Waals surface area contributed by atoms with E-state index in [0.29, 0.717) is 30.4 Å². The highest BCUT2D eigenvalue weighted by Crippen LogP contribution is 2.29. The summed E-state index contributed by atoms with van der Waals surface area (Å²) in [6.07, 6.45) is -0.0193. The van der Waals surface area contributed by atoms with Crippen LogP contribution in [-0.2, 0) is 20.9 Å². The van der Waals surface area contributed by atoms with Crippen LogP contribution < -0.4 is 5.32 Å². The van der Waals surface area contributed by atoms with Crippen LogP contribution in [0.5, 0.6) is 0 Å². The van der Waals surface area contributed by atoms with E-state index in [9.17, 15) is 9.59 Å². The van der Waals surface area contributed by atoms with Crippen LogP contribution in [0.2, 0.25) is 10.0 Å². The molecule has 1 atom stereocenters. The fraction of sp³-hybridized carbons (Fsp3) is 0.263. The number of halogens is 2. The lowest BCUT2D eigenvalue weighted by Gasteiger charge is -2.33. The Bertz CT molecular complexity index is 799. The van der Waals surface area contributed by atoms with Gasteiger partial charge in [0.15, 0.2) is 0 Å². The van der Waals surface area contributed by atoms with Gasteiger partial charge in [0, 0.05) is 13.1 Å². The molecule has 7 heteroatoms. The van der Waals surface area contributed by atoms with Crippen LogP contribution in [0.25, 0.3) is 0 Å². The average Bonchev–Trinajstić information content (AvgIpc) is 2.63. The molecule has 5 nitrogen and oxygen atoms in total. The van der Waals surface area contributed by atoms with E-state index in [-0.39, 0.29) is 23.3 Å². The SMILES string of the molecule is O=C(C[C@@H]1C(=O)OCCN1Cc1ccccc1)Nc1cccc(Cl)c1Cl. The van der Waals surface area contributed by atoms with Gasteiger partial charge in [-0.05, 0) is 17.7 Å². The summed E-state index contributed by atoms with van der Waals surface area (Å²) in [6, 6.07) is 14.2. The molecule has 0 aliphatic carbocycles. The zero-order valence-electron chi connectivity index (χ0n) is 14.0. The van der Waals surface area contributed by atoms with Gasteiger partial charge in [0.05, 0.1) is 22.2 Å². The van der Waals surface area contributed by atoms with E-state index in [1.54, 1.807) is 18.2 Å². The van der Waals surface area contributed by atoms with Crippen molar-refractivity contribution in [3.63, 3.8) is 0 Å². The number of nitrogens with zero attached hydrogens (tertiary/aromatic N) is 1. The van der Waals surface area contributed by atoms with E-state index >= 15 is 0 Å². The second kappa shape index (κ2) is 8.54. The average molecular weight is 393 g/mol. The number of carbonyl (C=O) groups is 2. The summed E-state index contributed by atoms with van der Waals surface area (Å²) in [5.41, 5.74) is 1.49. The summed E-state index contributed by atoms with van der Waals surface area (Å²) in [6.45, 7) is 1.48. The second-order valence-electron chi connectivity index (χ2n) is 5.99. The van der Waals surface area contributed by atoms with Crippen LogP contribution >= 0.6 is 23.2 Å². The number of ether oxygens (including phenoxy) is 1. The molecule has 0 aromatic heterocycles. The lowest BCUT2D eigenvalue weighted by Crippen LogP contribution is -2.49. The normalized spacial score (nSPS) is 17.6. The highest BCUT2D eigenvalue weighted by molar-refractivity contribution is 6.44. The minimum Gasteiger partial charge on any atom is -0.463 e. The third kappa shape index (κ3) is 4.55. The minimum atomic E-state index is -0.637. The molecule has 0 saturated carbocycles. The van der Waals surface area contributed by atoms with E-state index in [1.165, 1.54) is 0 Å². The van der Waals surface area contributed by atoms with E-state index in [4.69, 9.17) is 27.9 Å². The van der Waals surface area contributed by atoms with Gasteiger partial charge in [-0.2, -0.15) is 0 Å². The zero-order chi connectivity index (χ0) is 18.5. The first-order valence-electron chi connectivity index (χ1n) is 8.23. The van der Waals surface area contributed by atoms with Gasteiger partial charge in [-0.25, -0.2) is 0 Å². The molecule has 1 aliphatic heterocycles. The molecule has 0 bridgehead atoms. The van der Waals surface area contributed by atoms with Crippen molar-refractivity contribution in [2.24, 2.45) is 0 Å². The Morgan fingerprint density at radius 1 is 1.15 bits per heavy atom. The van der Waals surface area contributed by atoms with Gasteiger partial charge in [-0.15, -0.1) is 0 Å². The topological polar surface area (TPSA) is 58.6 Å². The fourth-order valence-corrected chi connectivity index (χ4v) is 3.21. The van der Waals surface area contributed by atoms with Crippen molar-refractivity contribution in [2.75, 3.05) is 18.5 Å². The van der Waals surface area contributed by atoms with Crippen molar-refractivity contribution in [2.45, 2.75) is 19.0 Å². The second-order valence-corrected chi connectivity index (χ2v) is 6.78. The Morgan fingerprint density at radius 3 is 2.69 bits per heavy atom. The highest BCUT2D eigenvalue weighted by atomic mass is 35.5. The summed E-state index contributed by atoms with van der Waals surface area (Å²) < 4.78 is 5.14. The van der Waals surface area contributed by atoms with Gasteiger partial charge >= 0.3 is 5.97 Å². The summed E-state index contributed by atoms with van der Waals surface area (Å²) in [7, 11) is 0. The van der Waals surface area contributed by atoms with Crippen molar-refractivity contribution >= 4 is 40.8 Å². The first-order valence-corrected chi connectivity index (χ1v) is 8.98. The number of anilines is 1. The van der Waals surface area contributed by atoms with Crippen LogP contribution in [-0.4, -0.2) is 36.0 Å². The number of amides is 1. The number of esters is 1. The van der Waals surface area contributed by atoms with E-state index in [2.05, 4.69) is 5.32 Å². The third-order valence-corrected chi connectivity index (χ3v) is 4.99. The Labute approximate surface area is 161 Å². The van der Waals surface area contributed by atoms with Crippen molar-refractivity contribution in [1.82, 2.24) is 4.90 Å². The molecule has 3 rings (SSSR count). The molecule has 0 radical (unpaired) electrons. The van der Waals surface area contributed by atoms with Crippen LogP contribution in [0.3, 0.4) is 0 Å². The number of carbonyl (C=O) groups excluding carboxylic acids is 2. The molecule has 1 heterocycles. The van der Waals surface area contributed by atoms with Gasteiger partial charge in [0.1, 0.15) is 12.6 Å². The van der Waals surface area contributed by atoms with Crippen LogP contribution in [0.1, 0.15) is 12.0 Å².